The lowest BCUT2D eigenvalue weighted by atomic mass is 10.0. The second kappa shape index (κ2) is 5.05. The lowest BCUT2D eigenvalue weighted by Crippen LogP contribution is -2.00. The van der Waals surface area contributed by atoms with E-state index >= 15 is 0 Å². The van der Waals surface area contributed by atoms with E-state index < -0.39 is 0 Å². The van der Waals surface area contributed by atoms with Gasteiger partial charge in [-0.2, -0.15) is 4.80 Å². The Kier molecular flexibility index (Phi) is 3.09. The molecule has 0 aliphatic rings. The van der Waals surface area contributed by atoms with Crippen LogP contribution in [0.15, 0.2) is 54.6 Å². The first-order chi connectivity index (χ1) is 9.74. The van der Waals surface area contributed by atoms with E-state index in [0.717, 1.165) is 5.56 Å². The van der Waals surface area contributed by atoms with E-state index in [1.165, 1.54) is 4.80 Å². The minimum atomic E-state index is 0.00394. The lowest BCUT2D eigenvalue weighted by molar-refractivity contribution is 0.103. The molecule has 0 spiro atoms. The summed E-state index contributed by atoms with van der Waals surface area (Å²) in [7, 11) is 1.71. The van der Waals surface area contributed by atoms with Crippen LogP contribution in [0, 0.1) is 0 Å². The van der Waals surface area contributed by atoms with Gasteiger partial charge in [-0.15, -0.1) is 10.2 Å². The van der Waals surface area contributed by atoms with Crippen molar-refractivity contribution in [3.63, 3.8) is 0 Å². The monoisotopic (exact) mass is 264 g/mol. The molecule has 0 aliphatic carbocycles. The maximum atomic E-state index is 12.3. The molecule has 0 saturated carbocycles. The number of aryl methyl sites for hydroxylation is 1. The highest BCUT2D eigenvalue weighted by Gasteiger charge is 2.10. The molecule has 98 valence electrons. The topological polar surface area (TPSA) is 60.7 Å². The van der Waals surface area contributed by atoms with Gasteiger partial charge in [0.1, 0.15) is 0 Å². The fourth-order valence-electron chi connectivity index (χ4n) is 1.93. The second-order valence-corrected chi connectivity index (χ2v) is 4.37. The summed E-state index contributed by atoms with van der Waals surface area (Å²) in [4.78, 5) is 13.7. The Hall–Kier alpha value is -2.82. The Morgan fingerprint density at radius 1 is 0.950 bits per heavy atom. The Balaban J connectivity index is 1.88. The first-order valence-electron chi connectivity index (χ1n) is 6.18. The van der Waals surface area contributed by atoms with E-state index in [1.54, 1.807) is 31.3 Å². The molecule has 0 unspecified atom stereocenters. The van der Waals surface area contributed by atoms with Gasteiger partial charge in [-0.25, -0.2) is 0 Å². The first-order valence-corrected chi connectivity index (χ1v) is 6.18. The molecule has 0 saturated heterocycles. The van der Waals surface area contributed by atoms with Crippen LogP contribution >= 0.6 is 0 Å². The maximum Gasteiger partial charge on any atom is 0.204 e. The van der Waals surface area contributed by atoms with Crippen molar-refractivity contribution < 1.29 is 4.79 Å². The molecule has 20 heavy (non-hydrogen) atoms. The summed E-state index contributed by atoms with van der Waals surface area (Å²) in [6.45, 7) is 0. The number of carbonyl (C=O) groups is 1. The number of rotatable bonds is 3. The van der Waals surface area contributed by atoms with Crippen LogP contribution in [-0.2, 0) is 7.05 Å². The van der Waals surface area contributed by atoms with Gasteiger partial charge in [-0.3, -0.25) is 4.79 Å². The second-order valence-electron chi connectivity index (χ2n) is 4.37. The number of hydrogen-bond donors (Lipinski definition) is 0. The van der Waals surface area contributed by atoms with Crippen molar-refractivity contribution in [1.82, 2.24) is 20.2 Å². The van der Waals surface area contributed by atoms with Gasteiger partial charge >= 0.3 is 0 Å². The van der Waals surface area contributed by atoms with Crippen molar-refractivity contribution in [3.8, 4) is 11.4 Å². The van der Waals surface area contributed by atoms with Crippen molar-refractivity contribution in [2.24, 2.45) is 7.05 Å². The number of ketones is 1. The average Bonchev–Trinajstić information content (AvgIpc) is 2.94. The molecular formula is C15H12N4O. The Bertz CT molecular complexity index is 732. The molecule has 0 fully saturated rings. The van der Waals surface area contributed by atoms with Gasteiger partial charge in [-0.05, 0) is 5.21 Å². The predicted molar refractivity (Wildman–Crippen MR) is 74.1 cm³/mol. The molecular weight excluding hydrogens is 252 g/mol. The van der Waals surface area contributed by atoms with Crippen LogP contribution in [0.1, 0.15) is 15.9 Å². The Morgan fingerprint density at radius 2 is 1.60 bits per heavy atom. The average molecular weight is 264 g/mol. The lowest BCUT2D eigenvalue weighted by Gasteiger charge is -2.01. The van der Waals surface area contributed by atoms with Gasteiger partial charge in [0.2, 0.25) is 5.82 Å². The van der Waals surface area contributed by atoms with Crippen molar-refractivity contribution >= 4 is 5.78 Å². The highest BCUT2D eigenvalue weighted by molar-refractivity contribution is 6.09. The third-order valence-electron chi connectivity index (χ3n) is 2.95. The van der Waals surface area contributed by atoms with E-state index in [2.05, 4.69) is 15.4 Å². The highest BCUT2D eigenvalue weighted by atomic mass is 16.1. The molecule has 0 amide bonds. The summed E-state index contributed by atoms with van der Waals surface area (Å²) in [5.41, 5.74) is 2.16. The van der Waals surface area contributed by atoms with E-state index in [1.807, 2.05) is 30.3 Å². The van der Waals surface area contributed by atoms with Gasteiger partial charge < -0.3 is 0 Å². The van der Waals surface area contributed by atoms with Crippen LogP contribution in [0.2, 0.25) is 0 Å². The van der Waals surface area contributed by atoms with Gasteiger partial charge in [0.05, 0.1) is 7.05 Å². The normalized spacial score (nSPS) is 10.4. The highest BCUT2D eigenvalue weighted by Crippen LogP contribution is 2.16. The summed E-state index contributed by atoms with van der Waals surface area (Å²) in [5, 5.41) is 11.8. The van der Waals surface area contributed by atoms with Crippen LogP contribution in [-0.4, -0.2) is 26.0 Å². The molecule has 3 rings (SSSR count). The van der Waals surface area contributed by atoms with Crippen molar-refractivity contribution in [3.05, 3.63) is 65.7 Å². The molecule has 0 atom stereocenters. The van der Waals surface area contributed by atoms with Gasteiger partial charge in [-0.1, -0.05) is 54.6 Å². The summed E-state index contributed by atoms with van der Waals surface area (Å²) < 4.78 is 0. The minimum absolute atomic E-state index is 0.00394. The summed E-state index contributed by atoms with van der Waals surface area (Å²) in [6.07, 6.45) is 0. The van der Waals surface area contributed by atoms with Crippen LogP contribution in [0.4, 0.5) is 0 Å². The van der Waals surface area contributed by atoms with Gasteiger partial charge in [0.25, 0.3) is 0 Å². The zero-order valence-corrected chi connectivity index (χ0v) is 10.9. The minimum Gasteiger partial charge on any atom is -0.289 e. The molecule has 0 bridgehead atoms. The Labute approximate surface area is 115 Å². The van der Waals surface area contributed by atoms with Gasteiger partial charge in [0.15, 0.2) is 5.78 Å². The standard InChI is InChI=1S/C15H12N4O/c1-19-17-15(16-18-19)13-9-7-12(8-10-13)14(20)11-5-3-2-4-6-11/h2-10H,1H3. The fraction of sp³-hybridized carbons (Fsp3) is 0.0667. The number of benzene rings is 2. The van der Waals surface area contributed by atoms with E-state index in [0.29, 0.717) is 17.0 Å². The summed E-state index contributed by atoms with van der Waals surface area (Å²) >= 11 is 0. The number of carbonyl (C=O) groups excluding carboxylic acids is 1. The summed E-state index contributed by atoms with van der Waals surface area (Å²) in [6, 6.07) is 16.4. The summed E-state index contributed by atoms with van der Waals surface area (Å²) in [5.74, 6) is 0.551. The smallest absolute Gasteiger partial charge is 0.204 e. The van der Waals surface area contributed by atoms with Crippen molar-refractivity contribution in [2.45, 2.75) is 0 Å². The van der Waals surface area contributed by atoms with E-state index in [-0.39, 0.29) is 5.78 Å². The number of hydrogen-bond acceptors (Lipinski definition) is 4. The number of aromatic nitrogens is 4. The SMILES string of the molecule is Cn1nnc(-c2ccc(C(=O)c3ccccc3)cc2)n1. The van der Waals surface area contributed by atoms with Crippen LogP contribution in [0.25, 0.3) is 11.4 Å². The molecule has 0 aliphatic heterocycles. The zero-order valence-electron chi connectivity index (χ0n) is 10.9. The van der Waals surface area contributed by atoms with Crippen LogP contribution in [0.5, 0.6) is 0 Å². The zero-order chi connectivity index (χ0) is 13.9. The third kappa shape index (κ3) is 2.33. The van der Waals surface area contributed by atoms with E-state index in [9.17, 15) is 4.79 Å². The van der Waals surface area contributed by atoms with E-state index in [4.69, 9.17) is 0 Å². The molecule has 1 heterocycles. The molecule has 2 aromatic carbocycles. The van der Waals surface area contributed by atoms with Crippen LogP contribution < -0.4 is 0 Å². The third-order valence-corrected chi connectivity index (χ3v) is 2.95. The first kappa shape index (κ1) is 12.2. The molecule has 3 aromatic rings. The molecule has 0 N–H and O–H groups in total. The van der Waals surface area contributed by atoms with Crippen molar-refractivity contribution in [2.75, 3.05) is 0 Å². The maximum absolute atomic E-state index is 12.3. The number of tetrazole rings is 1. The molecule has 1 aromatic heterocycles. The molecule has 5 heteroatoms. The number of nitrogens with zero attached hydrogens (tertiary/aromatic N) is 4. The van der Waals surface area contributed by atoms with Crippen LogP contribution in [0.3, 0.4) is 0 Å². The fourth-order valence-corrected chi connectivity index (χ4v) is 1.93. The molecule has 0 radical (unpaired) electrons. The predicted octanol–water partition coefficient (Wildman–Crippen LogP) is 2.11. The van der Waals surface area contributed by atoms with Crippen molar-refractivity contribution in [1.29, 1.82) is 0 Å². The Morgan fingerprint density at radius 3 is 2.20 bits per heavy atom. The molecule has 5 nitrogen and oxygen atoms in total. The largest absolute Gasteiger partial charge is 0.289 e. The van der Waals surface area contributed by atoms with Gasteiger partial charge in [0, 0.05) is 16.7 Å². The quantitative estimate of drug-likeness (QED) is 0.680.